The molecule has 1 aromatic heterocycles. The molecule has 3 heteroatoms. The fraction of sp³-hybridized carbons (Fsp3) is 0.231. The summed E-state index contributed by atoms with van der Waals surface area (Å²) in [5.41, 5.74) is 2.28. The van der Waals surface area contributed by atoms with E-state index in [1.807, 2.05) is 31.2 Å². The van der Waals surface area contributed by atoms with Crippen molar-refractivity contribution in [3.8, 4) is 0 Å². The van der Waals surface area contributed by atoms with Crippen LogP contribution in [0.1, 0.15) is 23.0 Å². The number of rotatable bonds is 3. The van der Waals surface area contributed by atoms with Gasteiger partial charge in [-0.1, -0.05) is 24.3 Å². The van der Waals surface area contributed by atoms with Gasteiger partial charge in [0, 0.05) is 6.42 Å². The molecule has 0 bridgehead atoms. The summed E-state index contributed by atoms with van der Waals surface area (Å²) in [5.74, 6) is 0.508. The van der Waals surface area contributed by atoms with Crippen molar-refractivity contribution in [1.29, 1.82) is 0 Å². The second-order valence-electron chi connectivity index (χ2n) is 3.79. The number of furan rings is 1. The molecule has 0 aliphatic rings. The van der Waals surface area contributed by atoms with Gasteiger partial charge in [-0.2, -0.15) is 0 Å². The van der Waals surface area contributed by atoms with Crippen LogP contribution in [0.25, 0.3) is 0 Å². The minimum absolute atomic E-state index is 0.304. The lowest BCUT2D eigenvalue weighted by Gasteiger charge is -2.09. The quantitative estimate of drug-likeness (QED) is 0.885. The van der Waals surface area contributed by atoms with E-state index in [0.717, 1.165) is 5.56 Å². The lowest BCUT2D eigenvalue weighted by molar-refractivity contribution is 0.150. The standard InChI is InChI=1S/C13H13ClO2/c1-9-4-2-3-5-10(9)8-11(15)12-6-7-13(14)16-12/h2-7,11,15H,8H2,1H3. The minimum Gasteiger partial charge on any atom is -0.447 e. The Labute approximate surface area is 99.5 Å². The molecule has 84 valence electrons. The van der Waals surface area contributed by atoms with Crippen LogP contribution in [-0.2, 0) is 6.42 Å². The molecule has 0 saturated heterocycles. The van der Waals surface area contributed by atoms with Gasteiger partial charge in [0.25, 0.3) is 0 Å². The molecule has 0 aliphatic carbocycles. The molecule has 0 spiro atoms. The Hall–Kier alpha value is -1.25. The fourth-order valence-electron chi connectivity index (χ4n) is 1.66. The molecule has 1 unspecified atom stereocenters. The first-order chi connectivity index (χ1) is 7.66. The normalized spacial score (nSPS) is 12.7. The lowest BCUT2D eigenvalue weighted by atomic mass is 10.0. The molecule has 2 rings (SSSR count). The van der Waals surface area contributed by atoms with E-state index in [2.05, 4.69) is 0 Å². The molecule has 0 radical (unpaired) electrons. The van der Waals surface area contributed by atoms with Crippen LogP contribution >= 0.6 is 11.6 Å². The van der Waals surface area contributed by atoms with E-state index in [9.17, 15) is 5.11 Å². The highest BCUT2D eigenvalue weighted by Crippen LogP contribution is 2.23. The van der Waals surface area contributed by atoms with Crippen molar-refractivity contribution in [3.63, 3.8) is 0 Å². The van der Waals surface area contributed by atoms with Gasteiger partial charge < -0.3 is 9.52 Å². The van der Waals surface area contributed by atoms with Crippen molar-refractivity contribution < 1.29 is 9.52 Å². The zero-order valence-corrected chi connectivity index (χ0v) is 9.74. The van der Waals surface area contributed by atoms with E-state index in [1.165, 1.54) is 5.56 Å². The largest absolute Gasteiger partial charge is 0.447 e. The molecule has 1 atom stereocenters. The van der Waals surface area contributed by atoms with Crippen LogP contribution in [0.15, 0.2) is 40.8 Å². The van der Waals surface area contributed by atoms with Gasteiger partial charge >= 0.3 is 0 Å². The van der Waals surface area contributed by atoms with E-state index in [0.29, 0.717) is 17.4 Å². The van der Waals surface area contributed by atoms with Crippen LogP contribution in [-0.4, -0.2) is 5.11 Å². The Morgan fingerprint density at radius 1 is 1.25 bits per heavy atom. The highest BCUT2D eigenvalue weighted by atomic mass is 35.5. The number of hydrogen-bond acceptors (Lipinski definition) is 2. The van der Waals surface area contributed by atoms with Crippen molar-refractivity contribution in [1.82, 2.24) is 0 Å². The Morgan fingerprint density at radius 3 is 2.62 bits per heavy atom. The smallest absolute Gasteiger partial charge is 0.193 e. The first kappa shape index (κ1) is 11.2. The second-order valence-corrected chi connectivity index (χ2v) is 4.16. The Kier molecular flexibility index (Phi) is 3.32. The summed E-state index contributed by atoms with van der Waals surface area (Å²) in [6, 6.07) is 11.3. The first-order valence-electron chi connectivity index (χ1n) is 5.14. The summed E-state index contributed by atoms with van der Waals surface area (Å²) in [4.78, 5) is 0. The maximum atomic E-state index is 9.96. The van der Waals surface area contributed by atoms with Crippen molar-refractivity contribution in [2.75, 3.05) is 0 Å². The number of aliphatic hydroxyl groups is 1. The number of halogens is 1. The van der Waals surface area contributed by atoms with E-state index in [-0.39, 0.29) is 0 Å². The average Bonchev–Trinajstić information content (AvgIpc) is 2.68. The molecule has 1 aromatic carbocycles. The SMILES string of the molecule is Cc1ccccc1CC(O)c1ccc(Cl)o1. The topological polar surface area (TPSA) is 33.4 Å². The van der Waals surface area contributed by atoms with E-state index in [4.69, 9.17) is 16.0 Å². The molecule has 0 fully saturated rings. The predicted octanol–water partition coefficient (Wildman–Crippen LogP) is 3.52. The molecule has 2 aromatic rings. The summed E-state index contributed by atoms with van der Waals surface area (Å²) >= 11 is 5.66. The molecule has 1 heterocycles. The molecule has 0 amide bonds. The maximum absolute atomic E-state index is 9.96. The van der Waals surface area contributed by atoms with E-state index >= 15 is 0 Å². The maximum Gasteiger partial charge on any atom is 0.193 e. The van der Waals surface area contributed by atoms with Crippen LogP contribution in [0.3, 0.4) is 0 Å². The van der Waals surface area contributed by atoms with Gasteiger partial charge in [-0.15, -0.1) is 0 Å². The predicted molar refractivity (Wildman–Crippen MR) is 63.6 cm³/mol. The molecule has 0 saturated carbocycles. The Balaban J connectivity index is 2.13. The molecule has 16 heavy (non-hydrogen) atoms. The summed E-state index contributed by atoms with van der Waals surface area (Å²) < 4.78 is 5.17. The van der Waals surface area contributed by atoms with Crippen LogP contribution < -0.4 is 0 Å². The van der Waals surface area contributed by atoms with Gasteiger partial charge in [-0.25, -0.2) is 0 Å². The van der Waals surface area contributed by atoms with Crippen molar-refractivity contribution in [2.24, 2.45) is 0 Å². The minimum atomic E-state index is -0.645. The average molecular weight is 237 g/mol. The van der Waals surface area contributed by atoms with Gasteiger partial charge in [0.1, 0.15) is 11.9 Å². The summed E-state index contributed by atoms with van der Waals surface area (Å²) in [7, 11) is 0. The third kappa shape index (κ3) is 2.46. The second kappa shape index (κ2) is 4.73. The Bertz CT molecular complexity index is 476. The van der Waals surface area contributed by atoms with Crippen LogP contribution in [0.5, 0.6) is 0 Å². The van der Waals surface area contributed by atoms with E-state index in [1.54, 1.807) is 12.1 Å². The summed E-state index contributed by atoms with van der Waals surface area (Å²) in [6.07, 6.45) is -0.107. The van der Waals surface area contributed by atoms with Crippen molar-refractivity contribution in [3.05, 3.63) is 58.5 Å². The van der Waals surface area contributed by atoms with Crippen LogP contribution in [0, 0.1) is 6.92 Å². The zero-order chi connectivity index (χ0) is 11.5. The highest BCUT2D eigenvalue weighted by molar-refractivity contribution is 6.28. The molecular weight excluding hydrogens is 224 g/mol. The van der Waals surface area contributed by atoms with Crippen LogP contribution in [0.4, 0.5) is 0 Å². The molecule has 1 N–H and O–H groups in total. The fourth-order valence-corrected chi connectivity index (χ4v) is 1.81. The number of hydrogen-bond donors (Lipinski definition) is 1. The summed E-state index contributed by atoms with van der Waals surface area (Å²) in [5, 5.41) is 10.3. The molecule has 2 nitrogen and oxygen atoms in total. The van der Waals surface area contributed by atoms with Gasteiger partial charge in [-0.3, -0.25) is 0 Å². The number of aliphatic hydroxyl groups excluding tert-OH is 1. The number of aryl methyl sites for hydroxylation is 1. The first-order valence-corrected chi connectivity index (χ1v) is 5.52. The summed E-state index contributed by atoms with van der Waals surface area (Å²) in [6.45, 7) is 2.02. The van der Waals surface area contributed by atoms with E-state index < -0.39 is 6.10 Å². The van der Waals surface area contributed by atoms with Gasteiger partial charge in [0.2, 0.25) is 0 Å². The van der Waals surface area contributed by atoms with Gasteiger partial charge in [0.15, 0.2) is 5.22 Å². The van der Waals surface area contributed by atoms with Crippen molar-refractivity contribution in [2.45, 2.75) is 19.4 Å². The molecular formula is C13H13ClO2. The third-order valence-electron chi connectivity index (χ3n) is 2.60. The lowest BCUT2D eigenvalue weighted by Crippen LogP contribution is -2.01. The Morgan fingerprint density at radius 2 is 2.00 bits per heavy atom. The van der Waals surface area contributed by atoms with Crippen molar-refractivity contribution >= 4 is 11.6 Å². The van der Waals surface area contributed by atoms with Gasteiger partial charge in [-0.05, 0) is 41.8 Å². The monoisotopic (exact) mass is 236 g/mol. The highest BCUT2D eigenvalue weighted by Gasteiger charge is 2.13. The van der Waals surface area contributed by atoms with Crippen LogP contribution in [0.2, 0.25) is 5.22 Å². The zero-order valence-electron chi connectivity index (χ0n) is 8.98. The molecule has 0 aliphatic heterocycles. The number of benzene rings is 1. The third-order valence-corrected chi connectivity index (χ3v) is 2.80. The van der Waals surface area contributed by atoms with Gasteiger partial charge in [0.05, 0.1) is 0 Å².